The largest absolute Gasteiger partial charge is 0.333 e. The van der Waals surface area contributed by atoms with Crippen LogP contribution in [0.15, 0.2) is 0 Å². The molecule has 2 fully saturated rings. The summed E-state index contributed by atoms with van der Waals surface area (Å²) in [6.45, 7) is 7.86. The van der Waals surface area contributed by atoms with Gasteiger partial charge in [0.25, 0.3) is 0 Å². The quantitative estimate of drug-likeness (QED) is 0.674. The van der Waals surface area contributed by atoms with Crippen molar-refractivity contribution in [1.29, 1.82) is 0 Å². The Morgan fingerprint density at radius 1 is 1.24 bits per heavy atom. The number of nitrogens with zero attached hydrogens (tertiary/aromatic N) is 1. The summed E-state index contributed by atoms with van der Waals surface area (Å²) in [7, 11) is 0. The van der Waals surface area contributed by atoms with Gasteiger partial charge in [-0.25, -0.2) is 4.79 Å². The van der Waals surface area contributed by atoms with Crippen molar-refractivity contribution in [2.75, 3.05) is 13.1 Å². The van der Waals surface area contributed by atoms with E-state index in [1.165, 1.54) is 6.42 Å². The minimum atomic E-state index is -0.152. The number of nitrogens with one attached hydrogen (secondary N) is 1. The van der Waals surface area contributed by atoms with Gasteiger partial charge in [-0.3, -0.25) is 0 Å². The number of nitrogens with two attached hydrogens (primary N) is 1. The van der Waals surface area contributed by atoms with Crippen LogP contribution in [0, 0.1) is 11.8 Å². The van der Waals surface area contributed by atoms with E-state index in [1.807, 2.05) is 25.7 Å². The second-order valence-electron chi connectivity index (χ2n) is 6.68. The third-order valence-corrected chi connectivity index (χ3v) is 3.86. The van der Waals surface area contributed by atoms with Gasteiger partial charge in [-0.1, -0.05) is 0 Å². The molecule has 3 N–H and O–H groups in total. The Hall–Kier alpha value is -0.770. The first-order valence-electron chi connectivity index (χ1n) is 6.68. The molecule has 0 radical (unpaired) electrons. The zero-order valence-electron chi connectivity index (χ0n) is 11.2. The Morgan fingerprint density at radius 3 is 2.53 bits per heavy atom. The lowest BCUT2D eigenvalue weighted by atomic mass is 9.79. The smallest absolute Gasteiger partial charge is 0.317 e. The maximum atomic E-state index is 12.1. The van der Waals surface area contributed by atoms with E-state index in [0.717, 1.165) is 25.9 Å². The molecule has 0 aromatic rings. The van der Waals surface area contributed by atoms with E-state index in [1.54, 1.807) is 0 Å². The van der Waals surface area contributed by atoms with Crippen LogP contribution in [-0.4, -0.2) is 35.6 Å². The highest BCUT2D eigenvalue weighted by atomic mass is 16.2. The highest BCUT2D eigenvalue weighted by Crippen LogP contribution is 2.35. The van der Waals surface area contributed by atoms with Gasteiger partial charge in [0.15, 0.2) is 0 Å². The Morgan fingerprint density at radius 2 is 1.88 bits per heavy atom. The number of rotatable bonds is 0. The molecule has 0 spiro atoms. The fraction of sp³-hybridized carbons (Fsp3) is 0.923. The molecule has 1 aliphatic heterocycles. The lowest BCUT2D eigenvalue weighted by molar-refractivity contribution is 0.197. The van der Waals surface area contributed by atoms with Crippen molar-refractivity contribution >= 4 is 6.03 Å². The van der Waals surface area contributed by atoms with E-state index in [9.17, 15) is 4.79 Å². The second kappa shape index (κ2) is 4.48. The summed E-state index contributed by atoms with van der Waals surface area (Å²) in [4.78, 5) is 14.0. The maximum absolute atomic E-state index is 12.1. The monoisotopic (exact) mass is 239 g/mol. The molecule has 98 valence electrons. The van der Waals surface area contributed by atoms with Crippen LogP contribution in [-0.2, 0) is 0 Å². The number of fused-ring (bicyclic) bond motifs is 1. The summed E-state index contributed by atoms with van der Waals surface area (Å²) in [6, 6.07) is 0.433. The SMILES string of the molecule is CC(C)(C)NC(=O)N1C[C@H]2CC(N)CC[C@H]2C1. The number of hydrogen-bond acceptors (Lipinski definition) is 2. The van der Waals surface area contributed by atoms with Crippen LogP contribution in [0.3, 0.4) is 0 Å². The van der Waals surface area contributed by atoms with Gasteiger partial charge in [0.1, 0.15) is 0 Å². The van der Waals surface area contributed by atoms with Crippen LogP contribution < -0.4 is 11.1 Å². The fourth-order valence-electron chi connectivity index (χ4n) is 3.03. The van der Waals surface area contributed by atoms with E-state index in [4.69, 9.17) is 5.73 Å². The highest BCUT2D eigenvalue weighted by Gasteiger charge is 2.38. The van der Waals surface area contributed by atoms with Gasteiger partial charge >= 0.3 is 6.03 Å². The molecule has 2 rings (SSSR count). The van der Waals surface area contributed by atoms with Gasteiger partial charge in [0.2, 0.25) is 0 Å². The van der Waals surface area contributed by atoms with Gasteiger partial charge in [0, 0.05) is 24.7 Å². The first kappa shape index (κ1) is 12.7. The number of carbonyl (C=O) groups is 1. The Bertz CT molecular complexity index is 298. The molecule has 0 aromatic carbocycles. The fourth-order valence-corrected chi connectivity index (χ4v) is 3.03. The zero-order valence-corrected chi connectivity index (χ0v) is 11.2. The van der Waals surface area contributed by atoms with Crippen molar-refractivity contribution in [3.8, 4) is 0 Å². The van der Waals surface area contributed by atoms with Crippen molar-refractivity contribution in [1.82, 2.24) is 10.2 Å². The van der Waals surface area contributed by atoms with Crippen molar-refractivity contribution in [2.45, 2.75) is 51.6 Å². The molecule has 4 nitrogen and oxygen atoms in total. The molecule has 0 aromatic heterocycles. The highest BCUT2D eigenvalue weighted by molar-refractivity contribution is 5.75. The first-order valence-corrected chi connectivity index (χ1v) is 6.68. The van der Waals surface area contributed by atoms with Crippen LogP contribution >= 0.6 is 0 Å². The van der Waals surface area contributed by atoms with Gasteiger partial charge in [-0.15, -0.1) is 0 Å². The summed E-state index contributed by atoms with van der Waals surface area (Å²) in [5, 5.41) is 3.04. The minimum absolute atomic E-state index is 0.0838. The number of hydrogen-bond donors (Lipinski definition) is 2. The molecule has 2 amide bonds. The number of carbonyl (C=O) groups excluding carboxylic acids is 1. The number of likely N-dealkylation sites (tertiary alicyclic amines) is 1. The van der Waals surface area contributed by atoms with Gasteiger partial charge < -0.3 is 16.0 Å². The molecule has 2 aliphatic rings. The van der Waals surface area contributed by atoms with E-state index in [-0.39, 0.29) is 11.6 Å². The third-order valence-electron chi connectivity index (χ3n) is 3.86. The Balaban J connectivity index is 1.91. The average Bonchev–Trinajstić information content (AvgIpc) is 2.57. The molecule has 4 heteroatoms. The van der Waals surface area contributed by atoms with Gasteiger partial charge in [0.05, 0.1) is 0 Å². The van der Waals surface area contributed by atoms with Crippen LogP contribution in [0.4, 0.5) is 4.79 Å². The van der Waals surface area contributed by atoms with Crippen LogP contribution in [0.5, 0.6) is 0 Å². The first-order chi connectivity index (χ1) is 7.85. The second-order valence-corrected chi connectivity index (χ2v) is 6.68. The van der Waals surface area contributed by atoms with Crippen molar-refractivity contribution in [3.63, 3.8) is 0 Å². The van der Waals surface area contributed by atoms with Crippen molar-refractivity contribution in [3.05, 3.63) is 0 Å². The predicted molar refractivity (Wildman–Crippen MR) is 68.7 cm³/mol. The third kappa shape index (κ3) is 3.12. The lowest BCUT2D eigenvalue weighted by Gasteiger charge is -2.27. The molecule has 1 unspecified atom stereocenters. The molecular weight excluding hydrogens is 214 g/mol. The van der Waals surface area contributed by atoms with E-state index in [0.29, 0.717) is 17.9 Å². The molecule has 3 atom stereocenters. The summed E-state index contributed by atoms with van der Waals surface area (Å²) >= 11 is 0. The number of urea groups is 1. The Kier molecular flexibility index (Phi) is 3.34. The molecule has 0 bridgehead atoms. The topological polar surface area (TPSA) is 58.4 Å². The molecule has 17 heavy (non-hydrogen) atoms. The Labute approximate surface area is 104 Å². The summed E-state index contributed by atoms with van der Waals surface area (Å²) < 4.78 is 0. The van der Waals surface area contributed by atoms with Crippen molar-refractivity contribution < 1.29 is 4.79 Å². The molecular formula is C13H25N3O. The molecule has 1 aliphatic carbocycles. The summed E-state index contributed by atoms with van der Waals surface area (Å²) in [6.07, 6.45) is 3.39. The van der Waals surface area contributed by atoms with E-state index >= 15 is 0 Å². The predicted octanol–water partition coefficient (Wildman–Crippen LogP) is 1.55. The van der Waals surface area contributed by atoms with Crippen LogP contribution in [0.2, 0.25) is 0 Å². The molecule has 1 saturated heterocycles. The standard InChI is InChI=1S/C13H25N3O/c1-13(2,3)15-12(17)16-7-9-4-5-11(14)6-10(9)8-16/h9-11H,4-8,14H2,1-3H3,(H,15,17)/t9-,10+,11?/m0/s1. The van der Waals surface area contributed by atoms with Gasteiger partial charge in [-0.2, -0.15) is 0 Å². The zero-order chi connectivity index (χ0) is 12.6. The average molecular weight is 239 g/mol. The van der Waals surface area contributed by atoms with Crippen LogP contribution in [0.25, 0.3) is 0 Å². The van der Waals surface area contributed by atoms with Crippen LogP contribution in [0.1, 0.15) is 40.0 Å². The normalized spacial score (nSPS) is 33.4. The van der Waals surface area contributed by atoms with Crippen molar-refractivity contribution in [2.24, 2.45) is 17.6 Å². The summed E-state index contributed by atoms with van der Waals surface area (Å²) in [5.41, 5.74) is 5.84. The lowest BCUT2D eigenvalue weighted by Crippen LogP contribution is -2.47. The minimum Gasteiger partial charge on any atom is -0.333 e. The molecule has 1 heterocycles. The molecule has 1 saturated carbocycles. The maximum Gasteiger partial charge on any atom is 0.317 e. The van der Waals surface area contributed by atoms with E-state index < -0.39 is 0 Å². The van der Waals surface area contributed by atoms with Gasteiger partial charge in [-0.05, 0) is 51.9 Å². The number of amides is 2. The summed E-state index contributed by atoms with van der Waals surface area (Å²) in [5.74, 6) is 1.31. The van der Waals surface area contributed by atoms with E-state index in [2.05, 4.69) is 5.32 Å².